The molecule has 0 saturated heterocycles. The number of rotatable bonds is 3. The van der Waals surface area contributed by atoms with E-state index < -0.39 is 0 Å². The minimum Gasteiger partial charge on any atom is -0.462 e. The van der Waals surface area contributed by atoms with Crippen molar-refractivity contribution < 1.29 is 9.53 Å². The largest absolute Gasteiger partial charge is 0.462 e. The SMILES string of the molecule is CCOC(=O)c1cccc2c1ncn2C(C)C. The Balaban J connectivity index is 2.55. The molecule has 0 saturated carbocycles. The Kier molecular flexibility index (Phi) is 3.13. The van der Waals surface area contributed by atoms with Gasteiger partial charge >= 0.3 is 5.97 Å². The van der Waals surface area contributed by atoms with Crippen molar-refractivity contribution in [3.8, 4) is 0 Å². The molecule has 1 heterocycles. The second kappa shape index (κ2) is 4.57. The van der Waals surface area contributed by atoms with Crippen LogP contribution in [-0.4, -0.2) is 22.1 Å². The van der Waals surface area contributed by atoms with Crippen LogP contribution < -0.4 is 0 Å². The molecule has 0 fully saturated rings. The van der Waals surface area contributed by atoms with Crippen LogP contribution in [0.3, 0.4) is 0 Å². The molecule has 1 aromatic carbocycles. The van der Waals surface area contributed by atoms with E-state index in [0.29, 0.717) is 23.7 Å². The van der Waals surface area contributed by atoms with Gasteiger partial charge in [-0.2, -0.15) is 0 Å². The van der Waals surface area contributed by atoms with E-state index in [0.717, 1.165) is 5.52 Å². The van der Waals surface area contributed by atoms with E-state index in [1.54, 1.807) is 19.3 Å². The van der Waals surface area contributed by atoms with E-state index in [4.69, 9.17) is 4.74 Å². The van der Waals surface area contributed by atoms with Gasteiger partial charge < -0.3 is 9.30 Å². The quantitative estimate of drug-likeness (QED) is 0.764. The van der Waals surface area contributed by atoms with Crippen molar-refractivity contribution in [2.75, 3.05) is 6.61 Å². The Morgan fingerprint density at radius 2 is 2.24 bits per heavy atom. The number of hydrogen-bond acceptors (Lipinski definition) is 3. The third kappa shape index (κ3) is 2.02. The van der Waals surface area contributed by atoms with Crippen LogP contribution in [0.1, 0.15) is 37.2 Å². The lowest BCUT2D eigenvalue weighted by Crippen LogP contribution is -2.05. The molecule has 0 aliphatic carbocycles. The Bertz CT molecular complexity index is 543. The molecule has 0 radical (unpaired) electrons. The van der Waals surface area contributed by atoms with Crippen LogP contribution in [0.15, 0.2) is 24.5 Å². The van der Waals surface area contributed by atoms with E-state index >= 15 is 0 Å². The van der Waals surface area contributed by atoms with Crippen LogP contribution in [-0.2, 0) is 4.74 Å². The molecule has 4 nitrogen and oxygen atoms in total. The number of nitrogens with zero attached hydrogens (tertiary/aromatic N) is 2. The van der Waals surface area contributed by atoms with Gasteiger partial charge in [0, 0.05) is 6.04 Å². The third-order valence-electron chi connectivity index (χ3n) is 2.66. The maximum absolute atomic E-state index is 11.8. The monoisotopic (exact) mass is 232 g/mol. The first kappa shape index (κ1) is 11.6. The van der Waals surface area contributed by atoms with Crippen molar-refractivity contribution in [2.45, 2.75) is 26.8 Å². The fourth-order valence-corrected chi connectivity index (χ4v) is 1.84. The molecular formula is C13H16N2O2. The van der Waals surface area contributed by atoms with Gasteiger partial charge in [0.15, 0.2) is 0 Å². The molecule has 1 aromatic heterocycles. The van der Waals surface area contributed by atoms with E-state index in [2.05, 4.69) is 18.8 Å². The summed E-state index contributed by atoms with van der Waals surface area (Å²) in [5.74, 6) is -0.313. The second-order valence-corrected chi connectivity index (χ2v) is 4.14. The van der Waals surface area contributed by atoms with Crippen molar-refractivity contribution in [3.05, 3.63) is 30.1 Å². The molecule has 0 N–H and O–H groups in total. The first-order valence-electron chi connectivity index (χ1n) is 5.77. The van der Waals surface area contributed by atoms with Gasteiger partial charge in [0.05, 0.1) is 24.0 Å². The number of para-hydroxylation sites is 1. The van der Waals surface area contributed by atoms with Gasteiger partial charge in [-0.1, -0.05) is 6.07 Å². The molecule has 17 heavy (non-hydrogen) atoms. The van der Waals surface area contributed by atoms with Crippen molar-refractivity contribution in [1.29, 1.82) is 0 Å². The minimum atomic E-state index is -0.313. The summed E-state index contributed by atoms with van der Waals surface area (Å²) < 4.78 is 7.06. The lowest BCUT2D eigenvalue weighted by molar-refractivity contribution is 0.0528. The highest BCUT2D eigenvalue weighted by molar-refractivity contribution is 6.01. The maximum atomic E-state index is 11.8. The Hall–Kier alpha value is -1.84. The summed E-state index contributed by atoms with van der Waals surface area (Å²) in [7, 11) is 0. The van der Waals surface area contributed by atoms with E-state index in [-0.39, 0.29) is 5.97 Å². The summed E-state index contributed by atoms with van der Waals surface area (Å²) in [6.07, 6.45) is 1.76. The van der Waals surface area contributed by atoms with Crippen LogP contribution in [0, 0.1) is 0 Å². The molecule has 90 valence electrons. The third-order valence-corrected chi connectivity index (χ3v) is 2.66. The molecule has 0 spiro atoms. The number of fused-ring (bicyclic) bond motifs is 1. The Morgan fingerprint density at radius 1 is 1.47 bits per heavy atom. The molecule has 2 rings (SSSR count). The van der Waals surface area contributed by atoms with Crippen LogP contribution in [0.4, 0.5) is 0 Å². The maximum Gasteiger partial charge on any atom is 0.340 e. The lowest BCUT2D eigenvalue weighted by Gasteiger charge is -2.08. The van der Waals surface area contributed by atoms with Crippen LogP contribution in [0.25, 0.3) is 11.0 Å². The normalized spacial score (nSPS) is 11.1. The van der Waals surface area contributed by atoms with Crippen LogP contribution in [0.5, 0.6) is 0 Å². The van der Waals surface area contributed by atoms with Gasteiger partial charge in [-0.05, 0) is 32.9 Å². The molecule has 0 aliphatic rings. The number of hydrogen-bond donors (Lipinski definition) is 0. The van der Waals surface area contributed by atoms with Crippen molar-refractivity contribution in [3.63, 3.8) is 0 Å². The molecule has 0 atom stereocenters. The lowest BCUT2D eigenvalue weighted by atomic mass is 10.2. The number of aromatic nitrogens is 2. The van der Waals surface area contributed by atoms with Gasteiger partial charge in [-0.25, -0.2) is 9.78 Å². The van der Waals surface area contributed by atoms with Gasteiger partial charge in [-0.15, -0.1) is 0 Å². The minimum absolute atomic E-state index is 0.313. The van der Waals surface area contributed by atoms with E-state index in [1.165, 1.54) is 0 Å². The summed E-state index contributed by atoms with van der Waals surface area (Å²) in [4.78, 5) is 16.1. The van der Waals surface area contributed by atoms with Crippen molar-refractivity contribution in [2.24, 2.45) is 0 Å². The predicted octanol–water partition coefficient (Wildman–Crippen LogP) is 2.79. The second-order valence-electron chi connectivity index (χ2n) is 4.14. The highest BCUT2D eigenvalue weighted by Gasteiger charge is 2.15. The zero-order valence-corrected chi connectivity index (χ0v) is 10.3. The number of carbonyl (C=O) groups excluding carboxylic acids is 1. The summed E-state index contributed by atoms with van der Waals surface area (Å²) >= 11 is 0. The number of imidazole rings is 1. The molecule has 0 aliphatic heterocycles. The first-order valence-corrected chi connectivity index (χ1v) is 5.77. The molecular weight excluding hydrogens is 216 g/mol. The summed E-state index contributed by atoms with van der Waals surface area (Å²) in [6.45, 7) is 6.33. The predicted molar refractivity (Wildman–Crippen MR) is 66.1 cm³/mol. The molecule has 2 aromatic rings. The first-order chi connectivity index (χ1) is 8.15. The fourth-order valence-electron chi connectivity index (χ4n) is 1.84. The molecule has 0 unspecified atom stereocenters. The van der Waals surface area contributed by atoms with Gasteiger partial charge in [0.2, 0.25) is 0 Å². The smallest absolute Gasteiger partial charge is 0.340 e. The van der Waals surface area contributed by atoms with Gasteiger partial charge in [0.1, 0.15) is 5.52 Å². The molecule has 0 bridgehead atoms. The highest BCUT2D eigenvalue weighted by Crippen LogP contribution is 2.21. The van der Waals surface area contributed by atoms with Crippen LogP contribution >= 0.6 is 0 Å². The standard InChI is InChI=1S/C13H16N2O2/c1-4-17-13(16)10-6-5-7-11-12(10)14-8-15(11)9(2)3/h5-9H,4H2,1-3H3. The van der Waals surface area contributed by atoms with Crippen molar-refractivity contribution >= 4 is 17.0 Å². The number of carbonyl (C=O) groups is 1. The Morgan fingerprint density at radius 3 is 2.88 bits per heavy atom. The summed E-state index contributed by atoms with van der Waals surface area (Å²) in [6, 6.07) is 5.88. The molecule has 0 amide bonds. The summed E-state index contributed by atoms with van der Waals surface area (Å²) in [5, 5.41) is 0. The van der Waals surface area contributed by atoms with E-state index in [1.807, 2.05) is 16.7 Å². The topological polar surface area (TPSA) is 44.1 Å². The summed E-state index contributed by atoms with van der Waals surface area (Å²) in [5.41, 5.74) is 2.20. The average molecular weight is 232 g/mol. The van der Waals surface area contributed by atoms with E-state index in [9.17, 15) is 4.79 Å². The van der Waals surface area contributed by atoms with Gasteiger partial charge in [-0.3, -0.25) is 0 Å². The number of esters is 1. The van der Waals surface area contributed by atoms with Crippen LogP contribution in [0.2, 0.25) is 0 Å². The number of ether oxygens (including phenoxy) is 1. The fraction of sp³-hybridized carbons (Fsp3) is 0.385. The average Bonchev–Trinajstić information content (AvgIpc) is 2.72. The highest BCUT2D eigenvalue weighted by atomic mass is 16.5. The Labute approximate surface area is 100 Å². The number of benzene rings is 1. The van der Waals surface area contributed by atoms with Crippen molar-refractivity contribution in [1.82, 2.24) is 9.55 Å². The zero-order chi connectivity index (χ0) is 12.4. The zero-order valence-electron chi connectivity index (χ0n) is 10.3. The van der Waals surface area contributed by atoms with Gasteiger partial charge in [0.25, 0.3) is 0 Å². The molecule has 4 heteroatoms.